The van der Waals surface area contributed by atoms with Crippen molar-refractivity contribution >= 4 is 0 Å². The Hall–Kier alpha value is -0.0800. The maximum atomic E-state index is 2.40. The average molecular weight is 199 g/mol. The van der Waals surface area contributed by atoms with Crippen molar-refractivity contribution in [3.05, 3.63) is 0 Å². The van der Waals surface area contributed by atoms with E-state index in [-0.39, 0.29) is 5.48 Å². The zero-order chi connectivity index (χ0) is 9.15. The van der Waals surface area contributed by atoms with E-state index in [1.807, 2.05) is 0 Å². The molecule has 0 aromatic carbocycles. The third-order valence-electron chi connectivity index (χ3n) is 4.44. The van der Waals surface area contributed by atoms with Gasteiger partial charge in [-0.2, -0.15) is 0 Å². The lowest BCUT2D eigenvalue weighted by atomic mass is 9.92. The minimum atomic E-state index is 0. The zero-order valence-electron chi connectivity index (χ0n) is 9.54. The lowest BCUT2D eigenvalue weighted by molar-refractivity contribution is -0.940. The second-order valence-corrected chi connectivity index (χ2v) is 4.98. The molecule has 2 nitrogen and oxygen atoms in total. The van der Waals surface area contributed by atoms with E-state index in [1.165, 1.54) is 69.1 Å². The summed E-state index contributed by atoms with van der Waals surface area (Å²) in [5, 5.41) is 0. The van der Waals surface area contributed by atoms with Gasteiger partial charge >= 0.3 is 0 Å². The number of nitrogens with zero attached hydrogens (tertiary/aromatic N) is 1. The Morgan fingerprint density at radius 1 is 0.929 bits per heavy atom. The lowest BCUT2D eigenvalue weighted by Gasteiger charge is -2.42. The molecule has 1 saturated heterocycles. The first-order valence-electron chi connectivity index (χ1n) is 6.23. The molecule has 84 valence electrons. The van der Waals surface area contributed by atoms with Crippen LogP contribution in [-0.4, -0.2) is 35.6 Å². The van der Waals surface area contributed by atoms with Gasteiger partial charge in [-0.1, -0.05) is 6.42 Å². The molecule has 1 saturated carbocycles. The maximum Gasteiger partial charge on any atom is 0.0890 e. The van der Waals surface area contributed by atoms with Gasteiger partial charge in [0.1, 0.15) is 0 Å². The molecule has 1 N–H and O–H groups in total. The molecule has 0 unspecified atom stereocenters. The minimum absolute atomic E-state index is 0. The summed E-state index contributed by atoms with van der Waals surface area (Å²) in [6.07, 6.45) is 10.5. The van der Waals surface area contributed by atoms with Gasteiger partial charge in [-0.15, -0.1) is 0 Å². The summed E-state index contributed by atoms with van der Waals surface area (Å²) in [7, 11) is 0. The second-order valence-electron chi connectivity index (χ2n) is 4.98. The number of quaternary nitrogens is 1. The van der Waals surface area contributed by atoms with E-state index in [2.05, 4.69) is 6.92 Å². The maximum absolute atomic E-state index is 2.40. The van der Waals surface area contributed by atoms with Gasteiger partial charge in [-0.25, -0.2) is 0 Å². The molecule has 2 rings (SSSR count). The molecule has 1 heterocycles. The highest BCUT2D eigenvalue weighted by Gasteiger charge is 2.38. The molecule has 0 amide bonds. The first-order valence-corrected chi connectivity index (χ1v) is 6.23. The first-order chi connectivity index (χ1) is 6.37. The highest BCUT2D eigenvalue weighted by Crippen LogP contribution is 2.32. The molecular weight excluding hydrogens is 174 g/mol. The van der Waals surface area contributed by atoms with Gasteiger partial charge in [0.2, 0.25) is 0 Å². The highest BCUT2D eigenvalue weighted by molar-refractivity contribution is 4.70. The van der Waals surface area contributed by atoms with Crippen LogP contribution in [0.1, 0.15) is 51.9 Å². The van der Waals surface area contributed by atoms with Crippen LogP contribution in [0.3, 0.4) is 0 Å². The third kappa shape index (κ3) is 2.12. The number of rotatable bonds is 2. The summed E-state index contributed by atoms with van der Waals surface area (Å²) in [5.41, 5.74) is 0. The van der Waals surface area contributed by atoms with Crippen LogP contribution in [0, 0.1) is 0 Å². The number of likely N-dealkylation sites (tertiary alicyclic amines) is 1. The predicted octanol–water partition coefficient (Wildman–Crippen LogP) is 2.77. The molecule has 0 bridgehead atoms. The van der Waals surface area contributed by atoms with Gasteiger partial charge in [0.05, 0.1) is 25.7 Å². The molecule has 0 aromatic heterocycles. The van der Waals surface area contributed by atoms with Crippen LogP contribution in [0.5, 0.6) is 0 Å². The van der Waals surface area contributed by atoms with Crippen molar-refractivity contribution in [2.75, 3.05) is 19.6 Å². The van der Waals surface area contributed by atoms with E-state index >= 15 is 0 Å². The Balaban J connectivity index is 0.000000980. The Morgan fingerprint density at radius 2 is 1.50 bits per heavy atom. The van der Waals surface area contributed by atoms with Crippen LogP contribution >= 0.6 is 0 Å². The van der Waals surface area contributed by atoms with E-state index in [9.17, 15) is 0 Å². The monoisotopic (exact) mass is 199 g/mol. The van der Waals surface area contributed by atoms with Crippen LogP contribution in [0.15, 0.2) is 0 Å². The van der Waals surface area contributed by atoms with Crippen molar-refractivity contribution in [2.24, 2.45) is 0 Å². The molecule has 0 aromatic rings. The van der Waals surface area contributed by atoms with Crippen LogP contribution in [0.2, 0.25) is 0 Å². The van der Waals surface area contributed by atoms with Gasteiger partial charge < -0.3 is 9.96 Å². The fourth-order valence-electron chi connectivity index (χ4n) is 3.53. The fraction of sp³-hybridized carbons (Fsp3) is 1.00. The minimum Gasteiger partial charge on any atom is -0.870 e. The van der Waals surface area contributed by atoms with Crippen LogP contribution in [0.4, 0.5) is 0 Å². The molecular formula is C12H25NO. The molecule has 0 spiro atoms. The molecule has 2 fully saturated rings. The summed E-state index contributed by atoms with van der Waals surface area (Å²) < 4.78 is 1.49. The summed E-state index contributed by atoms with van der Waals surface area (Å²) in [4.78, 5) is 0. The smallest absolute Gasteiger partial charge is 0.0890 e. The van der Waals surface area contributed by atoms with Crippen molar-refractivity contribution < 1.29 is 9.96 Å². The number of hydrogen-bond acceptors (Lipinski definition) is 1. The van der Waals surface area contributed by atoms with E-state index in [0.29, 0.717) is 0 Å². The fourth-order valence-corrected chi connectivity index (χ4v) is 3.53. The standard InChI is InChI=1S/C12H24N.H2O/c1-2-13(10-6-7-11-13)12-8-4-3-5-9-12;/h12H,2-11H2,1H3;1H2/q+1;/p-1. The molecule has 14 heavy (non-hydrogen) atoms. The van der Waals surface area contributed by atoms with Gasteiger partial charge in [0, 0.05) is 12.8 Å². The average Bonchev–Trinajstić information content (AvgIpc) is 2.69. The predicted molar refractivity (Wildman–Crippen MR) is 58.6 cm³/mol. The lowest BCUT2D eigenvalue weighted by Crippen LogP contribution is -2.53. The quantitative estimate of drug-likeness (QED) is 0.629. The molecule has 0 radical (unpaired) electrons. The third-order valence-corrected chi connectivity index (χ3v) is 4.44. The summed E-state index contributed by atoms with van der Waals surface area (Å²) >= 11 is 0. The van der Waals surface area contributed by atoms with Crippen LogP contribution < -0.4 is 0 Å². The molecule has 1 aliphatic heterocycles. The van der Waals surface area contributed by atoms with Crippen molar-refractivity contribution in [1.82, 2.24) is 0 Å². The van der Waals surface area contributed by atoms with E-state index in [0.717, 1.165) is 6.04 Å². The SMILES string of the molecule is CC[N+]1(C2CCCCC2)CCCC1.[OH-]. The second kappa shape index (κ2) is 5.13. The van der Waals surface area contributed by atoms with E-state index in [4.69, 9.17) is 0 Å². The van der Waals surface area contributed by atoms with Gasteiger partial charge in [0.25, 0.3) is 0 Å². The first kappa shape index (κ1) is 12.0. The Morgan fingerprint density at radius 3 is 2.00 bits per heavy atom. The largest absolute Gasteiger partial charge is 0.870 e. The van der Waals surface area contributed by atoms with Crippen LogP contribution in [-0.2, 0) is 0 Å². The summed E-state index contributed by atoms with van der Waals surface area (Å²) in [6, 6.07) is 1.04. The Labute approximate surface area is 88.2 Å². The molecule has 2 aliphatic rings. The summed E-state index contributed by atoms with van der Waals surface area (Å²) in [6.45, 7) is 6.77. The van der Waals surface area contributed by atoms with Crippen molar-refractivity contribution in [1.29, 1.82) is 0 Å². The van der Waals surface area contributed by atoms with Crippen molar-refractivity contribution in [3.8, 4) is 0 Å². The van der Waals surface area contributed by atoms with Crippen molar-refractivity contribution in [2.45, 2.75) is 57.9 Å². The Kier molecular flexibility index (Phi) is 4.39. The molecule has 0 atom stereocenters. The van der Waals surface area contributed by atoms with Gasteiger partial charge in [-0.05, 0) is 32.6 Å². The van der Waals surface area contributed by atoms with Gasteiger partial charge in [-0.3, -0.25) is 0 Å². The zero-order valence-corrected chi connectivity index (χ0v) is 9.54. The summed E-state index contributed by atoms with van der Waals surface area (Å²) in [5.74, 6) is 0. The normalized spacial score (nSPS) is 27.2. The molecule has 2 heteroatoms. The van der Waals surface area contributed by atoms with Gasteiger partial charge in [0.15, 0.2) is 0 Å². The molecule has 1 aliphatic carbocycles. The van der Waals surface area contributed by atoms with Crippen molar-refractivity contribution in [3.63, 3.8) is 0 Å². The Bertz CT molecular complexity index is 158. The van der Waals surface area contributed by atoms with Crippen LogP contribution in [0.25, 0.3) is 0 Å². The number of hydrogen-bond donors (Lipinski definition) is 0. The van der Waals surface area contributed by atoms with E-state index < -0.39 is 0 Å². The van der Waals surface area contributed by atoms with E-state index in [1.54, 1.807) is 0 Å². The topological polar surface area (TPSA) is 30.0 Å². The highest BCUT2D eigenvalue weighted by atomic mass is 16.0.